The topological polar surface area (TPSA) is 85.4 Å². The highest BCUT2D eigenvalue weighted by molar-refractivity contribution is 7.99. The number of rotatable bonds is 2. The lowest BCUT2D eigenvalue weighted by Gasteiger charge is -2.16. The molecule has 0 aliphatic carbocycles. The van der Waals surface area contributed by atoms with Gasteiger partial charge < -0.3 is 14.8 Å². The molecule has 1 aromatic carbocycles. The standard InChI is InChI=1S/C22H22F2N4O3S/c1-25-32(2,29)13-14-8-21-27-20-11-17(18(24)12-26-20)16-5-4-15(23)10-19(16)30-6-3-7-31-22(9-14)28-21/h4-5,8-13H,3,6-7H2,1-2H3,(H,25,29)(H,26,27,28). The molecule has 2 aromatic heterocycles. The van der Waals surface area contributed by atoms with Gasteiger partial charge >= 0.3 is 0 Å². The van der Waals surface area contributed by atoms with E-state index in [0.717, 1.165) is 6.20 Å². The Balaban J connectivity index is 1.82. The molecule has 1 atom stereocenters. The van der Waals surface area contributed by atoms with E-state index < -0.39 is 21.3 Å². The van der Waals surface area contributed by atoms with Crippen LogP contribution in [0.25, 0.3) is 11.1 Å². The number of halogens is 2. The molecule has 10 heteroatoms. The number of benzene rings is 1. The number of hydrogen-bond acceptors (Lipinski definition) is 6. The highest BCUT2D eigenvalue weighted by atomic mass is 32.2. The molecule has 4 rings (SSSR count). The molecule has 7 nitrogen and oxygen atoms in total. The van der Waals surface area contributed by atoms with Gasteiger partial charge in [-0.25, -0.2) is 18.5 Å². The summed E-state index contributed by atoms with van der Waals surface area (Å²) >= 11 is 0. The van der Waals surface area contributed by atoms with Gasteiger partial charge in [0.2, 0.25) is 5.88 Å². The summed E-state index contributed by atoms with van der Waals surface area (Å²) in [5.41, 5.74) is 1.24. The molecule has 0 saturated carbocycles. The first-order valence-corrected chi connectivity index (χ1v) is 11.9. The lowest BCUT2D eigenvalue weighted by atomic mass is 10.0. The molecule has 4 bridgehead atoms. The highest BCUT2D eigenvalue weighted by Gasteiger charge is 2.15. The minimum Gasteiger partial charge on any atom is -0.493 e. The third-order valence-corrected chi connectivity index (χ3v) is 6.26. The van der Waals surface area contributed by atoms with Crippen LogP contribution in [0.5, 0.6) is 11.6 Å². The van der Waals surface area contributed by atoms with Crippen LogP contribution >= 0.6 is 0 Å². The van der Waals surface area contributed by atoms with E-state index in [9.17, 15) is 13.0 Å². The molecule has 168 valence electrons. The van der Waals surface area contributed by atoms with E-state index in [-0.39, 0.29) is 24.5 Å². The Morgan fingerprint density at radius 3 is 2.72 bits per heavy atom. The van der Waals surface area contributed by atoms with Crippen LogP contribution in [-0.2, 0) is 9.71 Å². The molecule has 0 amide bonds. The number of pyridine rings is 2. The molecular weight excluding hydrogens is 438 g/mol. The van der Waals surface area contributed by atoms with Crippen LogP contribution in [-0.4, -0.2) is 46.1 Å². The van der Waals surface area contributed by atoms with Crippen LogP contribution < -0.4 is 19.5 Å². The Kier molecular flexibility index (Phi) is 6.24. The Morgan fingerprint density at radius 2 is 1.91 bits per heavy atom. The van der Waals surface area contributed by atoms with Crippen LogP contribution in [0.4, 0.5) is 20.4 Å². The van der Waals surface area contributed by atoms with E-state index in [1.807, 2.05) is 0 Å². The zero-order valence-electron chi connectivity index (χ0n) is 17.5. The second-order valence-corrected chi connectivity index (χ2v) is 9.67. The zero-order valence-corrected chi connectivity index (χ0v) is 18.3. The van der Waals surface area contributed by atoms with Gasteiger partial charge in [-0.3, -0.25) is 4.21 Å². The molecule has 0 radical (unpaired) electrons. The van der Waals surface area contributed by atoms with Crippen molar-refractivity contribution in [3.05, 3.63) is 59.8 Å². The maximum Gasteiger partial charge on any atom is 0.215 e. The monoisotopic (exact) mass is 460 g/mol. The first-order valence-electron chi connectivity index (χ1n) is 9.85. The van der Waals surface area contributed by atoms with Gasteiger partial charge in [0.15, 0.2) is 0 Å². The van der Waals surface area contributed by atoms with Gasteiger partial charge in [0.05, 0.1) is 19.4 Å². The third-order valence-electron chi connectivity index (χ3n) is 4.73. The predicted molar refractivity (Wildman–Crippen MR) is 121 cm³/mol. The zero-order chi connectivity index (χ0) is 22.7. The molecule has 3 aromatic rings. The van der Waals surface area contributed by atoms with Crippen LogP contribution in [0.3, 0.4) is 0 Å². The van der Waals surface area contributed by atoms with Crippen molar-refractivity contribution in [3.8, 4) is 22.8 Å². The number of anilines is 2. The summed E-state index contributed by atoms with van der Waals surface area (Å²) in [4.78, 5) is 8.50. The van der Waals surface area contributed by atoms with Gasteiger partial charge in [-0.05, 0) is 36.9 Å². The number of aromatic nitrogens is 2. The molecule has 1 unspecified atom stereocenters. The largest absolute Gasteiger partial charge is 0.493 e. The van der Waals surface area contributed by atoms with Crippen molar-refractivity contribution in [2.75, 3.05) is 31.8 Å². The molecule has 0 spiro atoms. The van der Waals surface area contributed by atoms with Gasteiger partial charge in [-0.15, -0.1) is 0 Å². The molecule has 0 saturated heterocycles. The minimum atomic E-state index is -2.40. The first kappa shape index (κ1) is 22.0. The number of hydrogen-bond donors (Lipinski definition) is 2. The molecule has 32 heavy (non-hydrogen) atoms. The highest BCUT2D eigenvalue weighted by Crippen LogP contribution is 2.34. The van der Waals surface area contributed by atoms with Crippen LogP contribution in [0.1, 0.15) is 12.0 Å². The summed E-state index contributed by atoms with van der Waals surface area (Å²) in [7, 11) is -0.786. The van der Waals surface area contributed by atoms with Crippen LogP contribution in [0.2, 0.25) is 0 Å². The summed E-state index contributed by atoms with van der Waals surface area (Å²) < 4.78 is 55.2. The lowest BCUT2D eigenvalue weighted by molar-refractivity contribution is 0.242. The van der Waals surface area contributed by atoms with Gasteiger partial charge in [0.25, 0.3) is 0 Å². The minimum absolute atomic E-state index is 0.209. The van der Waals surface area contributed by atoms with Crippen LogP contribution in [0.15, 0.2) is 42.6 Å². The fraction of sp³-hybridized carbons (Fsp3) is 0.227. The van der Waals surface area contributed by atoms with Gasteiger partial charge in [-0.1, -0.05) is 0 Å². The third kappa shape index (κ3) is 5.14. The average Bonchev–Trinajstić information content (AvgIpc) is 2.74. The Morgan fingerprint density at radius 1 is 1.09 bits per heavy atom. The van der Waals surface area contributed by atoms with Gasteiger partial charge in [0, 0.05) is 51.0 Å². The SMILES string of the molecule is CNS(C)(=O)=Cc1cc2nc(c1)OCCCOc1cc(F)ccc1-c1cc(ncc1F)N2. The molecule has 2 N–H and O–H groups in total. The summed E-state index contributed by atoms with van der Waals surface area (Å²) in [6.45, 7) is 0.515. The van der Waals surface area contributed by atoms with E-state index in [0.29, 0.717) is 35.1 Å². The fourth-order valence-electron chi connectivity index (χ4n) is 3.15. The maximum atomic E-state index is 14.6. The normalized spacial score (nSPS) is 15.1. The van der Waals surface area contributed by atoms with Crippen molar-refractivity contribution in [3.63, 3.8) is 0 Å². The molecule has 1 aliphatic heterocycles. The fourth-order valence-corrected chi connectivity index (χ4v) is 3.92. The van der Waals surface area contributed by atoms with E-state index >= 15 is 0 Å². The lowest BCUT2D eigenvalue weighted by Crippen LogP contribution is -2.19. The number of nitrogens with one attached hydrogen (secondary N) is 2. The smallest absolute Gasteiger partial charge is 0.215 e. The second-order valence-electron chi connectivity index (χ2n) is 7.22. The van der Waals surface area contributed by atoms with E-state index in [4.69, 9.17) is 9.47 Å². The average molecular weight is 461 g/mol. The summed E-state index contributed by atoms with van der Waals surface area (Å²) in [6.07, 6.45) is 3.14. The van der Waals surface area contributed by atoms with Crippen LogP contribution in [0, 0.1) is 11.6 Å². The van der Waals surface area contributed by atoms with Crippen molar-refractivity contribution in [2.45, 2.75) is 6.42 Å². The van der Waals surface area contributed by atoms with Crippen molar-refractivity contribution >= 4 is 26.7 Å². The van der Waals surface area contributed by atoms with Crippen molar-refractivity contribution in [1.82, 2.24) is 14.7 Å². The van der Waals surface area contributed by atoms with Crippen molar-refractivity contribution in [2.24, 2.45) is 0 Å². The molecular formula is C22H22F2N4O3S. The summed E-state index contributed by atoms with van der Waals surface area (Å²) in [5, 5.41) is 4.62. The first-order chi connectivity index (χ1) is 15.3. The summed E-state index contributed by atoms with van der Waals surface area (Å²) in [6, 6.07) is 8.81. The van der Waals surface area contributed by atoms with E-state index in [2.05, 4.69) is 20.0 Å². The van der Waals surface area contributed by atoms with Crippen molar-refractivity contribution < 1.29 is 22.5 Å². The molecule has 0 fully saturated rings. The quantitative estimate of drug-likeness (QED) is 0.570. The van der Waals surface area contributed by atoms with Gasteiger partial charge in [-0.2, -0.15) is 4.98 Å². The maximum absolute atomic E-state index is 14.6. The second kappa shape index (κ2) is 9.09. The Bertz CT molecular complexity index is 1280. The number of ether oxygens (including phenoxy) is 2. The van der Waals surface area contributed by atoms with Crippen molar-refractivity contribution in [1.29, 1.82) is 0 Å². The molecule has 1 aliphatic rings. The van der Waals surface area contributed by atoms with E-state index in [1.165, 1.54) is 24.3 Å². The number of fused-ring (bicyclic) bond motifs is 6. The molecule has 3 heterocycles. The Labute approximate surface area is 185 Å². The van der Waals surface area contributed by atoms with Gasteiger partial charge in [0.1, 0.15) is 29.0 Å². The number of nitrogens with zero attached hydrogens (tertiary/aromatic N) is 2. The van der Waals surface area contributed by atoms with E-state index in [1.54, 1.807) is 30.8 Å². The predicted octanol–water partition coefficient (Wildman–Crippen LogP) is 3.53. The summed E-state index contributed by atoms with van der Waals surface area (Å²) in [5.74, 6) is 0.201. The Hall–Kier alpha value is -3.24.